The number of Topliss-reactive ketones (excluding diaryl/α,β-unsaturated/α-hetero) is 1. The third-order valence-corrected chi connectivity index (χ3v) is 6.22. The second-order valence-corrected chi connectivity index (χ2v) is 8.27. The Morgan fingerprint density at radius 2 is 2.19 bits per heavy atom. The van der Waals surface area contributed by atoms with Gasteiger partial charge in [0.25, 0.3) is 0 Å². The monoisotopic (exact) mass is 400 g/mol. The van der Waals surface area contributed by atoms with Crippen LogP contribution in [0.15, 0.2) is 46.2 Å². The Kier molecular flexibility index (Phi) is 5.43. The van der Waals surface area contributed by atoms with Gasteiger partial charge in [0.1, 0.15) is 5.76 Å². The summed E-state index contributed by atoms with van der Waals surface area (Å²) in [6.45, 7) is 4.36. The third-order valence-electron chi connectivity index (χ3n) is 5.01. The highest BCUT2D eigenvalue weighted by atomic mass is 35.5. The maximum atomic E-state index is 12.7. The Bertz CT molecular complexity index is 936. The number of aryl methyl sites for hydroxylation is 1. The van der Waals surface area contributed by atoms with E-state index in [0.29, 0.717) is 17.5 Å². The zero-order chi connectivity index (χ0) is 18.8. The summed E-state index contributed by atoms with van der Waals surface area (Å²) < 4.78 is 5.87. The molecule has 2 aromatic heterocycles. The van der Waals surface area contributed by atoms with E-state index in [0.717, 1.165) is 47.8 Å². The Morgan fingerprint density at radius 3 is 2.96 bits per heavy atom. The molecule has 4 rings (SSSR count). The van der Waals surface area contributed by atoms with E-state index in [1.807, 2.05) is 48.7 Å². The molecule has 0 amide bonds. The number of benzene rings is 1. The standard InChI is InChI=1S/C21H21ClN2O2S/c1-14-18(23-21(26-14)16-7-2-3-8-17(16)22)13-24-10-4-6-15(12-24)20(25)19-9-5-11-27-19/h2-3,5,7-9,11,15H,4,6,10,12-13H2,1H3/t15-/m0/s1. The molecule has 0 N–H and O–H groups in total. The van der Waals surface area contributed by atoms with Gasteiger partial charge in [-0.15, -0.1) is 11.3 Å². The molecule has 0 aliphatic carbocycles. The average Bonchev–Trinajstić information content (AvgIpc) is 3.32. The molecule has 1 aliphatic heterocycles. The van der Waals surface area contributed by atoms with Crippen molar-refractivity contribution in [2.75, 3.05) is 13.1 Å². The van der Waals surface area contributed by atoms with E-state index >= 15 is 0 Å². The molecular formula is C21H21ClN2O2S. The first kappa shape index (κ1) is 18.4. The summed E-state index contributed by atoms with van der Waals surface area (Å²) in [4.78, 5) is 20.5. The molecular weight excluding hydrogens is 380 g/mol. The van der Waals surface area contributed by atoms with Gasteiger partial charge in [-0.2, -0.15) is 0 Å². The molecule has 1 fully saturated rings. The van der Waals surface area contributed by atoms with Gasteiger partial charge >= 0.3 is 0 Å². The van der Waals surface area contributed by atoms with Crippen molar-refractivity contribution in [3.63, 3.8) is 0 Å². The van der Waals surface area contributed by atoms with Crippen LogP contribution in [0.25, 0.3) is 11.5 Å². The van der Waals surface area contributed by atoms with Crippen LogP contribution >= 0.6 is 22.9 Å². The average molecular weight is 401 g/mol. The minimum absolute atomic E-state index is 0.0626. The lowest BCUT2D eigenvalue weighted by molar-refractivity contribution is 0.0814. The minimum atomic E-state index is 0.0626. The van der Waals surface area contributed by atoms with Crippen molar-refractivity contribution in [3.8, 4) is 11.5 Å². The molecule has 0 spiro atoms. The third kappa shape index (κ3) is 4.00. The molecule has 140 valence electrons. The van der Waals surface area contributed by atoms with Crippen LogP contribution in [0.3, 0.4) is 0 Å². The van der Waals surface area contributed by atoms with E-state index in [-0.39, 0.29) is 11.7 Å². The molecule has 1 aromatic carbocycles. The van der Waals surface area contributed by atoms with E-state index in [9.17, 15) is 4.79 Å². The molecule has 0 bridgehead atoms. The number of hydrogen-bond donors (Lipinski definition) is 0. The molecule has 4 nitrogen and oxygen atoms in total. The number of thiophene rings is 1. The number of aromatic nitrogens is 1. The number of likely N-dealkylation sites (tertiary alicyclic amines) is 1. The van der Waals surface area contributed by atoms with Crippen molar-refractivity contribution in [2.45, 2.75) is 26.3 Å². The molecule has 3 aromatic rings. The fourth-order valence-electron chi connectivity index (χ4n) is 3.57. The van der Waals surface area contributed by atoms with Crippen LogP contribution in [-0.4, -0.2) is 28.8 Å². The van der Waals surface area contributed by atoms with E-state index in [2.05, 4.69) is 9.88 Å². The normalized spacial score (nSPS) is 17.9. The largest absolute Gasteiger partial charge is 0.441 e. The minimum Gasteiger partial charge on any atom is -0.441 e. The van der Waals surface area contributed by atoms with Gasteiger partial charge in [-0.1, -0.05) is 29.8 Å². The lowest BCUT2D eigenvalue weighted by Gasteiger charge is -2.31. The summed E-state index contributed by atoms with van der Waals surface area (Å²) in [6, 6.07) is 11.4. The molecule has 1 atom stereocenters. The first-order chi connectivity index (χ1) is 13.1. The van der Waals surface area contributed by atoms with Crippen LogP contribution in [-0.2, 0) is 6.54 Å². The summed E-state index contributed by atoms with van der Waals surface area (Å²) in [6.07, 6.45) is 1.98. The van der Waals surface area contributed by atoms with Gasteiger partial charge in [0, 0.05) is 19.0 Å². The molecule has 0 radical (unpaired) electrons. The van der Waals surface area contributed by atoms with Gasteiger partial charge < -0.3 is 4.42 Å². The van der Waals surface area contributed by atoms with Crippen LogP contribution in [0.1, 0.15) is 34.0 Å². The second kappa shape index (κ2) is 7.97. The quantitative estimate of drug-likeness (QED) is 0.533. The first-order valence-corrected chi connectivity index (χ1v) is 10.4. The van der Waals surface area contributed by atoms with Gasteiger partial charge in [0.2, 0.25) is 5.89 Å². The maximum absolute atomic E-state index is 12.7. The fourth-order valence-corrected chi connectivity index (χ4v) is 4.53. The van der Waals surface area contributed by atoms with E-state index in [1.54, 1.807) is 0 Å². The van der Waals surface area contributed by atoms with Gasteiger partial charge in [-0.3, -0.25) is 9.69 Å². The predicted molar refractivity (Wildman–Crippen MR) is 108 cm³/mol. The number of nitrogens with zero attached hydrogens (tertiary/aromatic N) is 2. The van der Waals surface area contributed by atoms with E-state index in [1.165, 1.54) is 11.3 Å². The van der Waals surface area contributed by atoms with Crippen LogP contribution in [0, 0.1) is 12.8 Å². The van der Waals surface area contributed by atoms with Crippen molar-refractivity contribution in [2.24, 2.45) is 5.92 Å². The van der Waals surface area contributed by atoms with Crippen LogP contribution < -0.4 is 0 Å². The SMILES string of the molecule is Cc1oc(-c2ccccc2Cl)nc1CN1CCC[C@H](C(=O)c2cccs2)C1. The number of hydrogen-bond acceptors (Lipinski definition) is 5. The summed E-state index contributed by atoms with van der Waals surface area (Å²) >= 11 is 7.79. The van der Waals surface area contributed by atoms with Crippen LogP contribution in [0.2, 0.25) is 5.02 Å². The molecule has 6 heteroatoms. The topological polar surface area (TPSA) is 46.3 Å². The summed E-state index contributed by atoms with van der Waals surface area (Å²) in [7, 11) is 0. The van der Waals surface area contributed by atoms with Crippen molar-refractivity contribution < 1.29 is 9.21 Å². The van der Waals surface area contributed by atoms with Crippen molar-refractivity contribution in [1.82, 2.24) is 9.88 Å². The van der Waals surface area contributed by atoms with Crippen LogP contribution in [0.4, 0.5) is 0 Å². The number of ketones is 1. The summed E-state index contributed by atoms with van der Waals surface area (Å²) in [5.41, 5.74) is 1.71. The maximum Gasteiger partial charge on any atom is 0.228 e. The fraction of sp³-hybridized carbons (Fsp3) is 0.333. The Balaban J connectivity index is 1.48. The zero-order valence-electron chi connectivity index (χ0n) is 15.2. The Morgan fingerprint density at radius 1 is 1.33 bits per heavy atom. The summed E-state index contributed by atoms with van der Waals surface area (Å²) in [5, 5.41) is 2.59. The Hall–Kier alpha value is -1.95. The highest BCUT2D eigenvalue weighted by molar-refractivity contribution is 7.12. The van der Waals surface area contributed by atoms with Gasteiger partial charge in [-0.25, -0.2) is 4.98 Å². The predicted octanol–water partition coefficient (Wildman–Crippen LogP) is 5.46. The first-order valence-electron chi connectivity index (χ1n) is 9.13. The molecule has 27 heavy (non-hydrogen) atoms. The Labute approximate surface area is 167 Å². The number of piperidine rings is 1. The molecule has 1 saturated heterocycles. The van der Waals surface area contributed by atoms with Crippen LogP contribution in [0.5, 0.6) is 0 Å². The van der Waals surface area contributed by atoms with Crippen molar-refractivity contribution in [3.05, 3.63) is 63.1 Å². The molecule has 0 saturated carbocycles. The number of carbonyl (C=O) groups excluding carboxylic acids is 1. The van der Waals surface area contributed by atoms with Gasteiger partial charge in [0.15, 0.2) is 5.78 Å². The van der Waals surface area contributed by atoms with Crippen molar-refractivity contribution in [1.29, 1.82) is 0 Å². The molecule has 1 aliphatic rings. The number of carbonyl (C=O) groups is 1. The zero-order valence-corrected chi connectivity index (χ0v) is 16.7. The highest BCUT2D eigenvalue weighted by Gasteiger charge is 2.28. The van der Waals surface area contributed by atoms with Gasteiger partial charge in [0.05, 0.1) is 21.2 Å². The number of rotatable bonds is 5. The highest BCUT2D eigenvalue weighted by Crippen LogP contribution is 2.30. The van der Waals surface area contributed by atoms with Gasteiger partial charge in [-0.05, 0) is 49.9 Å². The smallest absolute Gasteiger partial charge is 0.228 e. The second-order valence-electron chi connectivity index (χ2n) is 6.92. The number of oxazole rings is 1. The number of halogens is 1. The lowest BCUT2D eigenvalue weighted by atomic mass is 9.93. The van der Waals surface area contributed by atoms with E-state index in [4.69, 9.17) is 16.0 Å². The molecule has 3 heterocycles. The van der Waals surface area contributed by atoms with Crippen molar-refractivity contribution >= 4 is 28.7 Å². The van der Waals surface area contributed by atoms with E-state index < -0.39 is 0 Å². The lowest BCUT2D eigenvalue weighted by Crippen LogP contribution is -2.38. The molecule has 0 unspecified atom stereocenters. The summed E-state index contributed by atoms with van der Waals surface area (Å²) in [5.74, 6) is 1.68.